The van der Waals surface area contributed by atoms with Gasteiger partial charge in [0.25, 0.3) is 0 Å². The highest BCUT2D eigenvalue weighted by molar-refractivity contribution is 7.89. The van der Waals surface area contributed by atoms with Gasteiger partial charge in [-0.05, 0) is 49.1 Å². The van der Waals surface area contributed by atoms with E-state index in [1.807, 2.05) is 60.7 Å². The van der Waals surface area contributed by atoms with Crippen LogP contribution in [-0.4, -0.2) is 38.3 Å². The molecule has 0 atom stereocenters. The van der Waals surface area contributed by atoms with Crippen LogP contribution >= 0.6 is 0 Å². The fourth-order valence-electron chi connectivity index (χ4n) is 4.54. The molecule has 5 nitrogen and oxygen atoms in total. The number of carbonyl (C=O) groups is 1. The number of benzene rings is 3. The fourth-order valence-corrected chi connectivity index (χ4v) is 6.02. The number of nitrogens with zero attached hydrogens (tertiary/aromatic N) is 1. The van der Waals surface area contributed by atoms with Crippen LogP contribution in [0.3, 0.4) is 0 Å². The smallest absolute Gasteiger partial charge is 0.243 e. The van der Waals surface area contributed by atoms with Crippen LogP contribution in [0.15, 0.2) is 83.8 Å². The van der Waals surface area contributed by atoms with Crippen LogP contribution in [0, 0.1) is 17.6 Å². The van der Waals surface area contributed by atoms with Crippen molar-refractivity contribution in [2.24, 2.45) is 5.92 Å². The number of halogens is 2. The lowest BCUT2D eigenvalue weighted by atomic mass is 9.76. The maximum atomic E-state index is 13.6. The van der Waals surface area contributed by atoms with Crippen molar-refractivity contribution in [2.75, 3.05) is 19.6 Å². The zero-order chi connectivity index (χ0) is 25.1. The van der Waals surface area contributed by atoms with Crippen molar-refractivity contribution in [3.63, 3.8) is 0 Å². The Labute approximate surface area is 204 Å². The lowest BCUT2D eigenvalue weighted by Crippen LogP contribution is -2.46. The average Bonchev–Trinajstić information content (AvgIpc) is 2.89. The van der Waals surface area contributed by atoms with Crippen molar-refractivity contribution in [2.45, 2.75) is 30.1 Å². The first-order valence-electron chi connectivity index (χ1n) is 11.6. The molecule has 1 saturated heterocycles. The van der Waals surface area contributed by atoms with Crippen molar-refractivity contribution < 1.29 is 22.0 Å². The third-order valence-electron chi connectivity index (χ3n) is 6.79. The summed E-state index contributed by atoms with van der Waals surface area (Å²) in [5, 5.41) is 3.09. The van der Waals surface area contributed by atoms with Crippen LogP contribution in [0.2, 0.25) is 0 Å². The first-order chi connectivity index (χ1) is 16.7. The number of nitrogens with one attached hydrogen (secondary N) is 1. The Bertz CT molecular complexity index is 1240. The van der Waals surface area contributed by atoms with Crippen LogP contribution in [0.4, 0.5) is 8.78 Å². The Morgan fingerprint density at radius 2 is 1.46 bits per heavy atom. The molecule has 0 bridgehead atoms. The molecule has 1 fully saturated rings. The molecule has 8 heteroatoms. The molecule has 3 aromatic carbocycles. The van der Waals surface area contributed by atoms with E-state index in [-0.39, 0.29) is 29.8 Å². The number of hydrogen-bond acceptors (Lipinski definition) is 3. The Kier molecular flexibility index (Phi) is 7.33. The zero-order valence-electron chi connectivity index (χ0n) is 19.5. The lowest BCUT2D eigenvalue weighted by molar-refractivity contribution is -0.126. The standard InChI is InChI=1S/C27H28F2N2O3S/c1-27(21-8-4-2-5-9-21,22-10-6-3-7-11-22)19-30-26(32)20-14-16-31(17-15-20)35(33,34)23-12-13-24(28)25(29)18-23/h2-13,18,20H,14-17,19H2,1H3,(H,30,32). The maximum absolute atomic E-state index is 13.6. The van der Waals surface area contributed by atoms with E-state index < -0.39 is 27.1 Å². The molecule has 0 aromatic heterocycles. The molecule has 0 saturated carbocycles. The quantitative estimate of drug-likeness (QED) is 0.522. The lowest BCUT2D eigenvalue weighted by Gasteiger charge is -2.34. The van der Waals surface area contributed by atoms with Gasteiger partial charge in [-0.1, -0.05) is 60.7 Å². The van der Waals surface area contributed by atoms with E-state index in [1.165, 1.54) is 4.31 Å². The number of rotatable bonds is 7. The molecular formula is C27H28F2N2O3S. The molecule has 3 aromatic rings. The van der Waals surface area contributed by atoms with Gasteiger partial charge in [0.15, 0.2) is 11.6 Å². The van der Waals surface area contributed by atoms with E-state index in [0.29, 0.717) is 25.5 Å². The second-order valence-corrected chi connectivity index (χ2v) is 11.0. The van der Waals surface area contributed by atoms with Gasteiger partial charge in [0.2, 0.25) is 15.9 Å². The first kappa shape index (κ1) is 25.0. The average molecular weight is 499 g/mol. The van der Waals surface area contributed by atoms with E-state index >= 15 is 0 Å². The molecule has 0 unspecified atom stereocenters. The van der Waals surface area contributed by atoms with Crippen molar-refractivity contribution >= 4 is 15.9 Å². The van der Waals surface area contributed by atoms with Crippen molar-refractivity contribution in [1.29, 1.82) is 0 Å². The summed E-state index contributed by atoms with van der Waals surface area (Å²) in [5.74, 6) is -2.76. The number of hydrogen-bond donors (Lipinski definition) is 1. The van der Waals surface area contributed by atoms with Crippen LogP contribution in [-0.2, 0) is 20.2 Å². The normalized spacial score (nSPS) is 15.6. The second kappa shape index (κ2) is 10.3. The predicted octanol–water partition coefficient (Wildman–Crippen LogP) is 4.49. The zero-order valence-corrected chi connectivity index (χ0v) is 20.3. The van der Waals surface area contributed by atoms with Gasteiger partial charge in [-0.25, -0.2) is 17.2 Å². The molecule has 0 aliphatic carbocycles. The van der Waals surface area contributed by atoms with Crippen molar-refractivity contribution in [3.8, 4) is 0 Å². The molecule has 1 amide bonds. The Hall–Kier alpha value is -3.10. The summed E-state index contributed by atoms with van der Waals surface area (Å²) in [6.45, 7) is 2.75. The van der Waals surface area contributed by atoms with Gasteiger partial charge >= 0.3 is 0 Å². The first-order valence-corrected chi connectivity index (χ1v) is 13.0. The van der Waals surface area contributed by atoms with Crippen molar-refractivity contribution in [1.82, 2.24) is 9.62 Å². The summed E-state index contributed by atoms with van der Waals surface area (Å²) in [6.07, 6.45) is 0.699. The van der Waals surface area contributed by atoms with Gasteiger partial charge in [-0.3, -0.25) is 4.79 Å². The monoisotopic (exact) mass is 498 g/mol. The van der Waals surface area contributed by atoms with Crippen LogP contribution in [0.25, 0.3) is 0 Å². The van der Waals surface area contributed by atoms with Gasteiger partial charge in [-0.15, -0.1) is 0 Å². The van der Waals surface area contributed by atoms with E-state index in [2.05, 4.69) is 12.2 Å². The van der Waals surface area contributed by atoms with Gasteiger partial charge in [0, 0.05) is 31.0 Å². The van der Waals surface area contributed by atoms with Gasteiger partial charge in [0.1, 0.15) is 0 Å². The molecule has 1 heterocycles. The summed E-state index contributed by atoms with van der Waals surface area (Å²) in [6, 6.07) is 22.5. The van der Waals surface area contributed by atoms with Gasteiger partial charge < -0.3 is 5.32 Å². The molecule has 0 radical (unpaired) electrons. The Morgan fingerprint density at radius 1 is 0.914 bits per heavy atom. The molecule has 1 N–H and O–H groups in total. The highest BCUT2D eigenvalue weighted by Crippen LogP contribution is 2.32. The molecular weight excluding hydrogens is 470 g/mol. The highest BCUT2D eigenvalue weighted by atomic mass is 32.2. The van der Waals surface area contributed by atoms with Gasteiger partial charge in [0.05, 0.1) is 4.90 Å². The summed E-state index contributed by atoms with van der Waals surface area (Å²) < 4.78 is 53.7. The summed E-state index contributed by atoms with van der Waals surface area (Å²) in [4.78, 5) is 12.8. The molecule has 1 aliphatic heterocycles. The molecule has 1 aliphatic rings. The minimum atomic E-state index is -3.96. The second-order valence-electron chi connectivity index (χ2n) is 9.04. The SMILES string of the molecule is CC(CNC(=O)C1CCN(S(=O)(=O)c2ccc(F)c(F)c2)CC1)(c1ccccc1)c1ccccc1. The number of carbonyl (C=O) groups excluding carboxylic acids is 1. The number of amides is 1. The van der Waals surface area contributed by atoms with E-state index in [9.17, 15) is 22.0 Å². The van der Waals surface area contributed by atoms with Crippen LogP contribution in [0.1, 0.15) is 30.9 Å². The van der Waals surface area contributed by atoms with E-state index in [4.69, 9.17) is 0 Å². The molecule has 0 spiro atoms. The maximum Gasteiger partial charge on any atom is 0.243 e. The van der Waals surface area contributed by atoms with E-state index in [0.717, 1.165) is 23.3 Å². The minimum Gasteiger partial charge on any atom is -0.355 e. The Balaban J connectivity index is 1.42. The molecule has 35 heavy (non-hydrogen) atoms. The number of piperidine rings is 1. The van der Waals surface area contributed by atoms with Gasteiger partial charge in [-0.2, -0.15) is 4.31 Å². The third kappa shape index (κ3) is 5.28. The topological polar surface area (TPSA) is 66.5 Å². The summed E-state index contributed by atoms with van der Waals surface area (Å²) >= 11 is 0. The minimum absolute atomic E-state index is 0.118. The molecule has 4 rings (SSSR count). The Morgan fingerprint density at radius 3 is 1.97 bits per heavy atom. The fraction of sp³-hybridized carbons (Fsp3) is 0.296. The predicted molar refractivity (Wildman–Crippen MR) is 130 cm³/mol. The third-order valence-corrected chi connectivity index (χ3v) is 8.69. The van der Waals surface area contributed by atoms with E-state index in [1.54, 1.807) is 0 Å². The largest absolute Gasteiger partial charge is 0.355 e. The van der Waals surface area contributed by atoms with Crippen molar-refractivity contribution in [3.05, 3.63) is 102 Å². The highest BCUT2D eigenvalue weighted by Gasteiger charge is 2.34. The van der Waals surface area contributed by atoms with Crippen LogP contribution in [0.5, 0.6) is 0 Å². The summed E-state index contributed by atoms with van der Waals surface area (Å²) in [5.41, 5.74) is 1.73. The summed E-state index contributed by atoms with van der Waals surface area (Å²) in [7, 11) is -3.96. The van der Waals surface area contributed by atoms with Crippen LogP contribution < -0.4 is 5.32 Å². The number of sulfonamides is 1. The molecule has 184 valence electrons.